The molecular formula is C11H16BF5KNO2. The number of piperidine rings is 1. The number of hydrogen-bond acceptors (Lipinski definition) is 2. The molecular weight excluding hydrogens is 323 g/mol. The smallest absolute Gasteiger partial charge is 0.448 e. The minimum absolute atomic E-state index is 0. The summed E-state index contributed by atoms with van der Waals surface area (Å²) in [5, 5.41) is -2.90. The Bertz CT molecular complexity index is 439. The number of likely N-dealkylation sites (tertiary alicyclic amines) is 1. The van der Waals surface area contributed by atoms with Gasteiger partial charge in [-0.3, -0.25) is 0 Å². The summed E-state index contributed by atoms with van der Waals surface area (Å²) in [6.07, 6.45) is -1.60. The van der Waals surface area contributed by atoms with Crippen LogP contribution in [0.5, 0.6) is 0 Å². The van der Waals surface area contributed by atoms with E-state index in [1.54, 1.807) is 20.8 Å². The van der Waals surface area contributed by atoms with Gasteiger partial charge in [0.05, 0.1) is 0 Å². The molecule has 0 N–H and O–H groups in total. The number of alkyl halides is 2. The largest absolute Gasteiger partial charge is 1.00 e. The first-order chi connectivity index (χ1) is 8.83. The topological polar surface area (TPSA) is 29.5 Å². The van der Waals surface area contributed by atoms with E-state index in [2.05, 4.69) is 0 Å². The minimum atomic E-state index is -5.64. The SMILES string of the molecule is CC(C)(C)OC(=O)N1CCC2([B-](F)(F)F)C(C1)C2(F)F.[K+]. The van der Waals surface area contributed by atoms with E-state index in [0.29, 0.717) is 0 Å². The van der Waals surface area contributed by atoms with Gasteiger partial charge in [-0.1, -0.05) is 0 Å². The fourth-order valence-electron chi connectivity index (χ4n) is 2.91. The summed E-state index contributed by atoms with van der Waals surface area (Å²) >= 11 is 0. The number of nitrogens with zero attached hydrogens (tertiary/aromatic N) is 1. The predicted octanol–water partition coefficient (Wildman–Crippen LogP) is 0.484. The van der Waals surface area contributed by atoms with E-state index in [0.717, 1.165) is 4.90 Å². The molecule has 1 saturated heterocycles. The summed E-state index contributed by atoms with van der Waals surface area (Å²) in [6.45, 7) is -1.81. The summed E-state index contributed by atoms with van der Waals surface area (Å²) in [5.41, 5.74) is -0.814. The average Bonchev–Trinajstić information content (AvgIpc) is 2.74. The second kappa shape index (κ2) is 5.61. The molecule has 2 unspecified atom stereocenters. The van der Waals surface area contributed by atoms with Gasteiger partial charge in [0.1, 0.15) is 5.60 Å². The van der Waals surface area contributed by atoms with Crippen LogP contribution >= 0.6 is 0 Å². The van der Waals surface area contributed by atoms with Crippen molar-refractivity contribution in [3.63, 3.8) is 0 Å². The Morgan fingerprint density at radius 3 is 2.19 bits per heavy atom. The normalized spacial score (nSPS) is 31.0. The number of hydrogen-bond donors (Lipinski definition) is 0. The van der Waals surface area contributed by atoms with Crippen LogP contribution in [0.3, 0.4) is 0 Å². The molecule has 1 aliphatic heterocycles. The Labute approximate surface area is 162 Å². The van der Waals surface area contributed by atoms with Gasteiger partial charge < -0.3 is 22.6 Å². The minimum Gasteiger partial charge on any atom is -0.448 e. The first-order valence-electron chi connectivity index (χ1n) is 6.38. The van der Waals surface area contributed by atoms with Gasteiger partial charge in [-0.15, -0.1) is 0 Å². The van der Waals surface area contributed by atoms with Gasteiger partial charge >= 0.3 is 64.5 Å². The molecule has 1 amide bonds. The van der Waals surface area contributed by atoms with Gasteiger partial charge in [0.2, 0.25) is 5.92 Å². The Morgan fingerprint density at radius 2 is 1.81 bits per heavy atom. The van der Waals surface area contributed by atoms with Crippen LogP contribution in [0.25, 0.3) is 0 Å². The number of fused-ring (bicyclic) bond motifs is 1. The Morgan fingerprint density at radius 1 is 1.29 bits per heavy atom. The van der Waals surface area contributed by atoms with Crippen molar-refractivity contribution >= 4 is 13.1 Å². The number of ether oxygens (including phenoxy) is 1. The van der Waals surface area contributed by atoms with Crippen LogP contribution in [0.15, 0.2) is 0 Å². The van der Waals surface area contributed by atoms with Crippen molar-refractivity contribution in [1.29, 1.82) is 0 Å². The third-order valence-electron chi connectivity index (χ3n) is 4.03. The van der Waals surface area contributed by atoms with Crippen LogP contribution in [-0.2, 0) is 4.74 Å². The molecule has 2 fully saturated rings. The van der Waals surface area contributed by atoms with Crippen molar-refractivity contribution in [2.75, 3.05) is 13.1 Å². The molecule has 0 aromatic rings. The standard InChI is InChI=1S/C11H16BF5NO2.K/c1-9(2,3)20-8(19)18-5-4-10(12(15,16)17)7(6-18)11(10,13)14;/h7H,4-6H2,1-3H3;/q-1;+1. The molecule has 3 nitrogen and oxygen atoms in total. The molecule has 0 spiro atoms. The van der Waals surface area contributed by atoms with Crippen molar-refractivity contribution in [3.05, 3.63) is 0 Å². The second-order valence-electron chi connectivity index (χ2n) is 6.47. The van der Waals surface area contributed by atoms with E-state index in [-0.39, 0.29) is 57.9 Å². The van der Waals surface area contributed by atoms with Crippen LogP contribution in [-0.4, -0.2) is 42.6 Å². The summed E-state index contributed by atoms with van der Waals surface area (Å²) in [7, 11) is 0. The number of carbonyl (C=O) groups excluding carboxylic acids is 1. The second-order valence-corrected chi connectivity index (χ2v) is 6.47. The maximum Gasteiger partial charge on any atom is 1.00 e. The van der Waals surface area contributed by atoms with Crippen LogP contribution in [0.4, 0.5) is 26.5 Å². The van der Waals surface area contributed by atoms with Gasteiger partial charge in [0.15, 0.2) is 0 Å². The van der Waals surface area contributed by atoms with Crippen LogP contribution in [0.1, 0.15) is 27.2 Å². The fourth-order valence-corrected chi connectivity index (χ4v) is 2.91. The van der Waals surface area contributed by atoms with E-state index in [4.69, 9.17) is 4.74 Å². The maximum absolute atomic E-state index is 13.5. The molecule has 0 aromatic carbocycles. The Hall–Kier alpha value is 0.621. The van der Waals surface area contributed by atoms with E-state index in [1.165, 1.54) is 0 Å². The Balaban J connectivity index is 0.00000220. The summed E-state index contributed by atoms with van der Waals surface area (Å²) in [5.74, 6) is -5.61. The number of halogens is 5. The quantitative estimate of drug-likeness (QED) is 0.514. The number of carbonyl (C=O) groups is 1. The zero-order valence-electron chi connectivity index (χ0n) is 12.4. The van der Waals surface area contributed by atoms with E-state index < -0.39 is 48.8 Å². The van der Waals surface area contributed by atoms with Gasteiger partial charge in [0.25, 0.3) is 0 Å². The van der Waals surface area contributed by atoms with Gasteiger partial charge in [-0.2, -0.15) is 0 Å². The van der Waals surface area contributed by atoms with Gasteiger partial charge in [0, 0.05) is 24.3 Å². The van der Waals surface area contributed by atoms with Crippen LogP contribution in [0.2, 0.25) is 5.31 Å². The number of rotatable bonds is 1. The number of amides is 1. The molecule has 2 rings (SSSR count). The summed E-state index contributed by atoms with van der Waals surface area (Å²) in [4.78, 5) is 12.7. The van der Waals surface area contributed by atoms with E-state index >= 15 is 0 Å². The third kappa shape index (κ3) is 3.15. The fraction of sp³-hybridized carbons (Fsp3) is 0.909. The molecule has 0 aromatic heterocycles. The first kappa shape index (κ1) is 19.7. The molecule has 116 valence electrons. The monoisotopic (exact) mass is 339 g/mol. The van der Waals surface area contributed by atoms with Crippen molar-refractivity contribution in [2.24, 2.45) is 5.92 Å². The zero-order valence-corrected chi connectivity index (χ0v) is 15.6. The van der Waals surface area contributed by atoms with Crippen molar-refractivity contribution in [1.82, 2.24) is 4.90 Å². The molecule has 1 saturated carbocycles. The van der Waals surface area contributed by atoms with Crippen LogP contribution < -0.4 is 51.4 Å². The van der Waals surface area contributed by atoms with E-state index in [1.807, 2.05) is 0 Å². The molecule has 21 heavy (non-hydrogen) atoms. The molecule has 0 radical (unpaired) electrons. The molecule has 2 atom stereocenters. The van der Waals surface area contributed by atoms with E-state index in [9.17, 15) is 26.5 Å². The molecule has 1 heterocycles. The molecule has 2 aliphatic rings. The van der Waals surface area contributed by atoms with Gasteiger partial charge in [-0.05, 0) is 27.2 Å². The van der Waals surface area contributed by atoms with Crippen LogP contribution in [0, 0.1) is 5.92 Å². The average molecular weight is 339 g/mol. The maximum atomic E-state index is 13.5. The van der Waals surface area contributed by atoms with Crippen molar-refractivity contribution in [3.8, 4) is 0 Å². The molecule has 10 heteroatoms. The summed E-state index contributed by atoms with van der Waals surface area (Å²) < 4.78 is 70.8. The van der Waals surface area contributed by atoms with Crippen molar-refractivity contribution < 1.29 is 82.6 Å². The first-order valence-corrected chi connectivity index (χ1v) is 6.38. The zero-order chi connectivity index (χ0) is 15.6. The predicted molar refractivity (Wildman–Crippen MR) is 62.6 cm³/mol. The van der Waals surface area contributed by atoms with Crippen molar-refractivity contribution in [2.45, 2.75) is 44.0 Å². The molecule has 0 bridgehead atoms. The summed E-state index contributed by atoms with van der Waals surface area (Å²) in [6, 6.07) is 0. The molecule has 1 aliphatic carbocycles. The Kier molecular flexibility index (Phi) is 5.25. The van der Waals surface area contributed by atoms with Gasteiger partial charge in [-0.25, -0.2) is 13.6 Å². The third-order valence-corrected chi connectivity index (χ3v) is 4.03.